The van der Waals surface area contributed by atoms with Gasteiger partial charge in [0.15, 0.2) is 0 Å². The Bertz CT molecular complexity index is 619. The molecule has 98 valence electrons. The van der Waals surface area contributed by atoms with Crippen LogP contribution in [0.2, 0.25) is 0 Å². The molecule has 1 aromatic carbocycles. The van der Waals surface area contributed by atoms with Gasteiger partial charge >= 0.3 is 0 Å². The first kappa shape index (κ1) is 11.9. The van der Waals surface area contributed by atoms with Crippen LogP contribution in [-0.4, -0.2) is 30.7 Å². The molecule has 0 fully saturated rings. The van der Waals surface area contributed by atoms with E-state index in [4.69, 9.17) is 0 Å². The maximum atomic E-state index is 4.61. The second kappa shape index (κ2) is 3.80. The minimum absolute atomic E-state index is 0.0482. The molecule has 0 bridgehead atoms. The van der Waals surface area contributed by atoms with Crippen molar-refractivity contribution in [2.24, 2.45) is 4.99 Å². The quantitative estimate of drug-likeness (QED) is 0.526. The first-order chi connectivity index (χ1) is 9.08. The zero-order valence-electron chi connectivity index (χ0n) is 11.2. The Labute approximate surface area is 122 Å². The predicted octanol–water partition coefficient (Wildman–Crippen LogP) is 3.74. The summed E-state index contributed by atoms with van der Waals surface area (Å²) in [5, 5.41) is 0. The normalized spacial score (nSPS) is 35.8. The van der Waals surface area contributed by atoms with Crippen LogP contribution in [0.15, 0.2) is 34.8 Å². The molecule has 1 aromatic rings. The molecule has 0 radical (unpaired) electrons. The largest absolute Gasteiger partial charge is 0.299 e. The molecule has 4 rings (SSSR count). The number of halogens is 1. The van der Waals surface area contributed by atoms with Gasteiger partial charge in [0.25, 0.3) is 0 Å². The van der Waals surface area contributed by atoms with Crippen molar-refractivity contribution in [1.82, 2.24) is 4.90 Å². The molecule has 3 heteroatoms. The van der Waals surface area contributed by atoms with Crippen LogP contribution in [-0.2, 0) is 4.32 Å². The van der Waals surface area contributed by atoms with E-state index in [-0.39, 0.29) is 4.32 Å². The minimum atomic E-state index is -0.0482. The van der Waals surface area contributed by atoms with E-state index >= 15 is 0 Å². The van der Waals surface area contributed by atoms with Crippen molar-refractivity contribution >= 4 is 27.8 Å². The standard InChI is InChI=1S/C16H17BrN2/c1-10-6-12-11-4-3-5-13-15(11)16(17,9-18-13)7-14(12)19(2)8-10/h3-6,9,12,14H,7-8H2,1-2H3/t12-,14-,16?/m1/s1. The average Bonchev–Trinajstić information content (AvgIpc) is 2.71. The lowest BCUT2D eigenvalue weighted by atomic mass is 9.71. The number of rotatable bonds is 0. The summed E-state index contributed by atoms with van der Waals surface area (Å²) in [5.74, 6) is 0.515. The monoisotopic (exact) mass is 316 g/mol. The van der Waals surface area contributed by atoms with Crippen molar-refractivity contribution in [2.75, 3.05) is 13.6 Å². The van der Waals surface area contributed by atoms with Crippen molar-refractivity contribution in [3.63, 3.8) is 0 Å². The van der Waals surface area contributed by atoms with E-state index in [9.17, 15) is 0 Å². The predicted molar refractivity (Wildman–Crippen MR) is 82.7 cm³/mol. The number of aliphatic imine (C=N–C) groups is 1. The van der Waals surface area contributed by atoms with Crippen LogP contribution >= 0.6 is 15.9 Å². The molecule has 0 saturated heterocycles. The Hall–Kier alpha value is -0.930. The summed E-state index contributed by atoms with van der Waals surface area (Å²) in [6.45, 7) is 3.32. The maximum absolute atomic E-state index is 4.61. The molecule has 2 aliphatic heterocycles. The SMILES string of the molecule is CC1=C[C@@H]2c3cccc4c3C(Br)(C=N4)C[C@H]2N(C)C1. The van der Waals surface area contributed by atoms with Crippen LogP contribution in [0, 0.1) is 0 Å². The van der Waals surface area contributed by atoms with Crippen LogP contribution in [0.4, 0.5) is 5.69 Å². The molecule has 0 aromatic heterocycles. The van der Waals surface area contributed by atoms with Crippen molar-refractivity contribution < 1.29 is 0 Å². The third kappa shape index (κ3) is 1.55. The van der Waals surface area contributed by atoms with Gasteiger partial charge in [0.2, 0.25) is 0 Å². The molecule has 0 saturated carbocycles. The zero-order chi connectivity index (χ0) is 13.2. The highest BCUT2D eigenvalue weighted by molar-refractivity contribution is 9.10. The van der Waals surface area contributed by atoms with E-state index in [0.29, 0.717) is 12.0 Å². The van der Waals surface area contributed by atoms with Crippen molar-refractivity contribution in [3.05, 3.63) is 41.0 Å². The smallest absolute Gasteiger partial charge is 0.0895 e. The number of benzene rings is 1. The Morgan fingerprint density at radius 3 is 3.11 bits per heavy atom. The fraction of sp³-hybridized carbons (Fsp3) is 0.438. The van der Waals surface area contributed by atoms with Gasteiger partial charge < -0.3 is 0 Å². The molecule has 3 atom stereocenters. The lowest BCUT2D eigenvalue weighted by Gasteiger charge is -2.45. The van der Waals surface area contributed by atoms with E-state index in [2.05, 4.69) is 70.3 Å². The lowest BCUT2D eigenvalue weighted by molar-refractivity contribution is 0.202. The summed E-state index contributed by atoms with van der Waals surface area (Å²) in [4.78, 5) is 7.11. The number of nitrogens with zero attached hydrogens (tertiary/aromatic N) is 2. The lowest BCUT2D eigenvalue weighted by Crippen LogP contribution is -2.47. The highest BCUT2D eigenvalue weighted by atomic mass is 79.9. The van der Waals surface area contributed by atoms with Crippen LogP contribution in [0.3, 0.4) is 0 Å². The highest BCUT2D eigenvalue weighted by Gasteiger charge is 2.47. The van der Waals surface area contributed by atoms with Gasteiger partial charge in [0.1, 0.15) is 0 Å². The Morgan fingerprint density at radius 2 is 2.26 bits per heavy atom. The summed E-state index contributed by atoms with van der Waals surface area (Å²) >= 11 is 3.95. The Balaban J connectivity index is 1.96. The number of hydrogen-bond acceptors (Lipinski definition) is 2. The first-order valence-electron chi connectivity index (χ1n) is 6.83. The van der Waals surface area contributed by atoms with E-state index in [1.165, 1.54) is 16.7 Å². The van der Waals surface area contributed by atoms with Gasteiger partial charge in [-0.25, -0.2) is 0 Å². The Morgan fingerprint density at radius 1 is 1.42 bits per heavy atom. The molecular weight excluding hydrogens is 300 g/mol. The van der Waals surface area contributed by atoms with Crippen molar-refractivity contribution in [3.8, 4) is 0 Å². The summed E-state index contributed by atoms with van der Waals surface area (Å²) in [7, 11) is 2.24. The van der Waals surface area contributed by atoms with Crippen LogP contribution in [0.5, 0.6) is 0 Å². The molecule has 1 unspecified atom stereocenters. The van der Waals surface area contributed by atoms with E-state index in [1.54, 1.807) is 0 Å². The van der Waals surface area contributed by atoms with Gasteiger partial charge in [0.05, 0.1) is 10.0 Å². The summed E-state index contributed by atoms with van der Waals surface area (Å²) < 4.78 is -0.0482. The Kier molecular flexibility index (Phi) is 2.37. The summed E-state index contributed by atoms with van der Waals surface area (Å²) in [6.07, 6.45) is 5.66. The van der Waals surface area contributed by atoms with Gasteiger partial charge in [0, 0.05) is 30.3 Å². The number of fused-ring (bicyclic) bond motifs is 2. The van der Waals surface area contributed by atoms with Crippen LogP contribution in [0.1, 0.15) is 30.4 Å². The molecule has 0 amide bonds. The summed E-state index contributed by atoms with van der Waals surface area (Å²) in [5.41, 5.74) is 5.47. The van der Waals surface area contributed by atoms with E-state index in [0.717, 1.165) is 18.7 Å². The van der Waals surface area contributed by atoms with Crippen LogP contribution in [0.25, 0.3) is 0 Å². The number of likely N-dealkylation sites (N-methyl/N-ethyl adjacent to an activating group) is 1. The molecule has 2 heterocycles. The zero-order valence-corrected chi connectivity index (χ0v) is 12.8. The van der Waals surface area contributed by atoms with Gasteiger partial charge in [-0.1, -0.05) is 39.7 Å². The fourth-order valence-electron chi connectivity index (χ4n) is 3.93. The molecule has 1 aliphatic carbocycles. The molecule has 2 nitrogen and oxygen atoms in total. The summed E-state index contributed by atoms with van der Waals surface area (Å²) in [6, 6.07) is 7.12. The fourth-order valence-corrected chi connectivity index (χ4v) is 4.79. The van der Waals surface area contributed by atoms with Gasteiger partial charge in [-0.3, -0.25) is 9.89 Å². The molecular formula is C16H17BrN2. The van der Waals surface area contributed by atoms with Gasteiger partial charge in [-0.05, 0) is 32.0 Å². The average molecular weight is 317 g/mol. The van der Waals surface area contributed by atoms with E-state index < -0.39 is 0 Å². The third-order valence-corrected chi connectivity index (χ3v) is 5.63. The minimum Gasteiger partial charge on any atom is -0.299 e. The molecule has 0 N–H and O–H groups in total. The molecule has 0 spiro atoms. The first-order valence-corrected chi connectivity index (χ1v) is 7.63. The highest BCUT2D eigenvalue weighted by Crippen LogP contribution is 2.54. The van der Waals surface area contributed by atoms with Gasteiger partial charge in [-0.15, -0.1) is 0 Å². The van der Waals surface area contributed by atoms with Crippen LogP contribution < -0.4 is 0 Å². The second-order valence-electron chi connectivity index (χ2n) is 6.09. The third-order valence-electron chi connectivity index (χ3n) is 4.71. The maximum Gasteiger partial charge on any atom is 0.0895 e. The second-order valence-corrected chi connectivity index (χ2v) is 7.50. The number of hydrogen-bond donors (Lipinski definition) is 0. The molecule has 3 aliphatic rings. The van der Waals surface area contributed by atoms with Crippen molar-refractivity contribution in [2.45, 2.75) is 29.6 Å². The number of alkyl halides is 1. The van der Waals surface area contributed by atoms with E-state index in [1.807, 2.05) is 0 Å². The topological polar surface area (TPSA) is 15.6 Å². The molecule has 19 heavy (non-hydrogen) atoms. The van der Waals surface area contributed by atoms with Gasteiger partial charge in [-0.2, -0.15) is 0 Å². The van der Waals surface area contributed by atoms with Crippen molar-refractivity contribution in [1.29, 1.82) is 0 Å².